The fourth-order valence-electron chi connectivity index (χ4n) is 3.32. The number of ether oxygens (including phenoxy) is 2. The number of hydrogen-bond acceptors (Lipinski definition) is 7. The molecule has 23 heavy (non-hydrogen) atoms. The molecular weight excluding hydrogens is 294 g/mol. The lowest BCUT2D eigenvalue weighted by molar-refractivity contribution is -0.190. The number of aromatic nitrogens is 4. The minimum Gasteiger partial charge on any atom is -0.365 e. The fraction of sp³-hybridized carbons (Fsp3) is 0.625. The highest BCUT2D eigenvalue weighted by Crippen LogP contribution is 2.39. The molecular formula is C16H21N5O2. The number of anilines is 1. The molecule has 0 radical (unpaired) electrons. The van der Waals surface area contributed by atoms with Crippen molar-refractivity contribution in [1.82, 2.24) is 19.9 Å². The van der Waals surface area contributed by atoms with E-state index in [0.29, 0.717) is 30.1 Å². The van der Waals surface area contributed by atoms with E-state index in [1.54, 1.807) is 12.4 Å². The molecule has 1 spiro atoms. The molecule has 1 saturated carbocycles. The maximum atomic E-state index is 6.21. The highest BCUT2D eigenvalue weighted by molar-refractivity contribution is 5.81. The van der Waals surface area contributed by atoms with E-state index in [0.717, 1.165) is 18.8 Å². The molecule has 1 N–H and O–H groups in total. The van der Waals surface area contributed by atoms with Crippen molar-refractivity contribution in [3.8, 4) is 0 Å². The molecule has 2 aromatic heterocycles. The minimum absolute atomic E-state index is 0.0325. The third-order valence-electron chi connectivity index (χ3n) is 4.72. The van der Waals surface area contributed by atoms with E-state index in [1.165, 1.54) is 19.2 Å². The summed E-state index contributed by atoms with van der Waals surface area (Å²) < 4.78 is 12.2. The Morgan fingerprint density at radius 1 is 1.17 bits per heavy atom. The second-order valence-electron chi connectivity index (χ2n) is 6.48. The summed E-state index contributed by atoms with van der Waals surface area (Å²) in [5.41, 5.74) is 1.27. The van der Waals surface area contributed by atoms with Crippen molar-refractivity contribution in [2.45, 2.75) is 44.5 Å². The predicted molar refractivity (Wildman–Crippen MR) is 84.8 cm³/mol. The van der Waals surface area contributed by atoms with Crippen molar-refractivity contribution >= 4 is 17.0 Å². The van der Waals surface area contributed by atoms with Crippen LogP contribution in [0.25, 0.3) is 11.2 Å². The molecule has 0 aromatic carbocycles. The maximum Gasteiger partial charge on any atom is 0.183 e. The Labute approximate surface area is 134 Å². The highest BCUT2D eigenvalue weighted by atomic mass is 16.7. The van der Waals surface area contributed by atoms with Gasteiger partial charge in [0.25, 0.3) is 0 Å². The van der Waals surface area contributed by atoms with Crippen molar-refractivity contribution in [3.63, 3.8) is 0 Å². The molecule has 122 valence electrons. The van der Waals surface area contributed by atoms with Crippen LogP contribution in [0.3, 0.4) is 0 Å². The number of hydrogen-bond donors (Lipinski definition) is 1. The summed E-state index contributed by atoms with van der Waals surface area (Å²) in [6, 6.07) is 0. The van der Waals surface area contributed by atoms with E-state index in [1.807, 2.05) is 0 Å². The Morgan fingerprint density at radius 2 is 2.00 bits per heavy atom. The molecule has 0 bridgehead atoms. The minimum atomic E-state index is -0.355. The predicted octanol–water partition coefficient (Wildman–Crippen LogP) is 2.15. The van der Waals surface area contributed by atoms with Crippen LogP contribution in [0.2, 0.25) is 0 Å². The second kappa shape index (κ2) is 5.98. The molecule has 1 aliphatic heterocycles. The Hall–Kier alpha value is -1.86. The molecule has 2 aliphatic rings. The maximum absolute atomic E-state index is 6.21. The normalized spacial score (nSPS) is 30.8. The van der Waals surface area contributed by atoms with Gasteiger partial charge in [-0.05, 0) is 18.8 Å². The molecule has 1 aliphatic carbocycles. The van der Waals surface area contributed by atoms with Gasteiger partial charge in [-0.15, -0.1) is 0 Å². The van der Waals surface area contributed by atoms with E-state index < -0.39 is 0 Å². The first-order valence-corrected chi connectivity index (χ1v) is 8.21. The van der Waals surface area contributed by atoms with E-state index in [9.17, 15) is 0 Å². The molecule has 3 heterocycles. The molecule has 2 aromatic rings. The van der Waals surface area contributed by atoms with Gasteiger partial charge in [-0.25, -0.2) is 19.9 Å². The number of nitrogens with one attached hydrogen (secondary N) is 1. The van der Waals surface area contributed by atoms with Crippen LogP contribution >= 0.6 is 0 Å². The van der Waals surface area contributed by atoms with Gasteiger partial charge >= 0.3 is 0 Å². The van der Waals surface area contributed by atoms with E-state index in [4.69, 9.17) is 9.47 Å². The van der Waals surface area contributed by atoms with E-state index >= 15 is 0 Å². The summed E-state index contributed by atoms with van der Waals surface area (Å²) in [5, 5.41) is 3.30. The summed E-state index contributed by atoms with van der Waals surface area (Å²) in [6.45, 7) is 3.55. The van der Waals surface area contributed by atoms with Crippen LogP contribution in [-0.4, -0.2) is 45.0 Å². The first kappa shape index (κ1) is 14.7. The lowest BCUT2D eigenvalue weighted by Crippen LogP contribution is -2.36. The van der Waals surface area contributed by atoms with Gasteiger partial charge in [0.05, 0.1) is 6.61 Å². The van der Waals surface area contributed by atoms with Crippen LogP contribution in [0.5, 0.6) is 0 Å². The molecule has 1 saturated heterocycles. The zero-order valence-corrected chi connectivity index (χ0v) is 13.2. The molecule has 0 unspecified atom stereocenters. The Morgan fingerprint density at radius 3 is 2.87 bits per heavy atom. The number of rotatable bonds is 3. The molecule has 7 nitrogen and oxygen atoms in total. The van der Waals surface area contributed by atoms with Crippen LogP contribution in [0.15, 0.2) is 18.7 Å². The summed E-state index contributed by atoms with van der Waals surface area (Å²) in [7, 11) is 0. The van der Waals surface area contributed by atoms with Crippen molar-refractivity contribution in [3.05, 3.63) is 18.7 Å². The van der Waals surface area contributed by atoms with Crippen molar-refractivity contribution in [1.29, 1.82) is 0 Å². The van der Waals surface area contributed by atoms with Crippen molar-refractivity contribution < 1.29 is 9.47 Å². The van der Waals surface area contributed by atoms with Gasteiger partial charge in [-0.2, -0.15) is 0 Å². The summed E-state index contributed by atoms with van der Waals surface area (Å²) >= 11 is 0. The molecule has 2 fully saturated rings. The first-order valence-electron chi connectivity index (χ1n) is 8.21. The average molecular weight is 315 g/mol. The second-order valence-corrected chi connectivity index (χ2v) is 6.48. The quantitative estimate of drug-likeness (QED) is 0.929. The summed E-state index contributed by atoms with van der Waals surface area (Å²) in [4.78, 5) is 16.9. The standard InChI is InChI=1S/C16H21N5O2/c1-11-2-4-16(5-3-11)22-9-12(23-16)8-19-15-13-14(20-10-21-15)18-7-6-17-13/h6-7,10-12H,2-5,8-9H2,1H3,(H,18,19,20,21)/t11?,12-,16?/m1/s1. The van der Waals surface area contributed by atoms with Gasteiger partial charge in [0.1, 0.15) is 17.9 Å². The molecule has 7 heteroatoms. The fourth-order valence-corrected chi connectivity index (χ4v) is 3.32. The van der Waals surface area contributed by atoms with Gasteiger partial charge in [0, 0.05) is 31.8 Å². The Bertz CT molecular complexity index is 682. The van der Waals surface area contributed by atoms with Gasteiger partial charge in [-0.1, -0.05) is 6.92 Å². The lowest BCUT2D eigenvalue weighted by atomic mass is 9.86. The van der Waals surface area contributed by atoms with Gasteiger partial charge < -0.3 is 14.8 Å². The average Bonchev–Trinajstić information content (AvgIpc) is 2.99. The number of nitrogens with zero attached hydrogens (tertiary/aromatic N) is 4. The monoisotopic (exact) mass is 315 g/mol. The highest BCUT2D eigenvalue weighted by Gasteiger charge is 2.43. The van der Waals surface area contributed by atoms with Crippen LogP contribution in [0.4, 0.5) is 5.82 Å². The SMILES string of the molecule is CC1CCC2(CC1)OC[C@@H](CNc1ncnc3nccnc13)O2. The molecule has 1 atom stereocenters. The molecule has 4 rings (SSSR count). The van der Waals surface area contributed by atoms with Crippen LogP contribution < -0.4 is 5.32 Å². The zero-order chi connectivity index (χ0) is 15.7. The Kier molecular flexibility index (Phi) is 3.82. The topological polar surface area (TPSA) is 82.0 Å². The van der Waals surface area contributed by atoms with Crippen LogP contribution in [0.1, 0.15) is 32.6 Å². The summed E-state index contributed by atoms with van der Waals surface area (Å²) in [5.74, 6) is 1.10. The van der Waals surface area contributed by atoms with Crippen molar-refractivity contribution in [2.75, 3.05) is 18.5 Å². The van der Waals surface area contributed by atoms with Crippen LogP contribution in [-0.2, 0) is 9.47 Å². The van der Waals surface area contributed by atoms with Crippen LogP contribution in [0, 0.1) is 5.92 Å². The lowest BCUT2D eigenvalue weighted by Gasteiger charge is -2.34. The molecule has 0 amide bonds. The van der Waals surface area contributed by atoms with E-state index in [2.05, 4.69) is 32.2 Å². The van der Waals surface area contributed by atoms with E-state index in [-0.39, 0.29) is 11.9 Å². The zero-order valence-electron chi connectivity index (χ0n) is 13.2. The summed E-state index contributed by atoms with van der Waals surface area (Å²) in [6.07, 6.45) is 9.13. The third-order valence-corrected chi connectivity index (χ3v) is 4.72. The van der Waals surface area contributed by atoms with Gasteiger partial charge in [-0.3, -0.25) is 0 Å². The largest absolute Gasteiger partial charge is 0.365 e. The third kappa shape index (κ3) is 2.98. The Balaban J connectivity index is 1.40. The number of fused-ring (bicyclic) bond motifs is 1. The van der Waals surface area contributed by atoms with Gasteiger partial charge in [0.15, 0.2) is 17.3 Å². The van der Waals surface area contributed by atoms with Crippen molar-refractivity contribution in [2.24, 2.45) is 5.92 Å². The first-order chi connectivity index (χ1) is 11.2. The smallest absolute Gasteiger partial charge is 0.183 e. The van der Waals surface area contributed by atoms with Gasteiger partial charge in [0.2, 0.25) is 0 Å².